The van der Waals surface area contributed by atoms with Crippen molar-refractivity contribution in [2.24, 2.45) is 0 Å². The number of nitrogens with one attached hydrogen (secondary N) is 3. The molecule has 0 saturated heterocycles. The molecule has 1 aromatic carbocycles. The van der Waals surface area contributed by atoms with Gasteiger partial charge in [-0.25, -0.2) is 0 Å². The lowest BCUT2D eigenvalue weighted by atomic mass is 10.1. The highest BCUT2D eigenvalue weighted by Crippen LogP contribution is 2.39. The molecule has 0 aliphatic carbocycles. The second-order valence-electron chi connectivity index (χ2n) is 4.57. The fraction of sp³-hybridized carbons (Fsp3) is 0.231. The van der Waals surface area contributed by atoms with Gasteiger partial charge in [0.15, 0.2) is 0 Å². The number of carbonyl (C=O) groups excluding carboxylic acids is 1. The summed E-state index contributed by atoms with van der Waals surface area (Å²) >= 11 is 6.20. The molecule has 20 heavy (non-hydrogen) atoms. The molecule has 0 spiro atoms. The highest BCUT2D eigenvalue weighted by molar-refractivity contribution is 6.32. The van der Waals surface area contributed by atoms with Crippen molar-refractivity contribution in [1.82, 2.24) is 15.5 Å². The summed E-state index contributed by atoms with van der Waals surface area (Å²) in [5.41, 5.74) is 2.40. The van der Waals surface area contributed by atoms with Crippen molar-refractivity contribution in [2.75, 3.05) is 12.4 Å². The summed E-state index contributed by atoms with van der Waals surface area (Å²) in [6.07, 6.45) is 0. The average molecular weight is 293 g/mol. The molecule has 1 atom stereocenters. The zero-order chi connectivity index (χ0) is 14.3. The van der Waals surface area contributed by atoms with E-state index in [0.717, 1.165) is 11.3 Å². The van der Waals surface area contributed by atoms with E-state index in [0.29, 0.717) is 22.3 Å². The van der Waals surface area contributed by atoms with Crippen LogP contribution in [0.3, 0.4) is 0 Å². The quantitative estimate of drug-likeness (QED) is 0.811. The Morgan fingerprint density at radius 2 is 2.20 bits per heavy atom. The minimum atomic E-state index is -0.385. The van der Waals surface area contributed by atoms with E-state index in [1.54, 1.807) is 25.2 Å². The van der Waals surface area contributed by atoms with Gasteiger partial charge in [0.2, 0.25) is 11.8 Å². The number of benzene rings is 1. The molecular weight excluding hydrogens is 280 g/mol. The Morgan fingerprint density at radius 3 is 2.85 bits per heavy atom. The van der Waals surface area contributed by atoms with Gasteiger partial charge in [-0.2, -0.15) is 0 Å². The van der Waals surface area contributed by atoms with Crippen LogP contribution < -0.4 is 15.4 Å². The van der Waals surface area contributed by atoms with Gasteiger partial charge >= 0.3 is 0 Å². The van der Waals surface area contributed by atoms with Crippen LogP contribution in [0, 0.1) is 6.92 Å². The van der Waals surface area contributed by atoms with E-state index in [9.17, 15) is 4.79 Å². The number of halogens is 1. The number of aromatic nitrogens is 2. The molecule has 0 saturated carbocycles. The lowest BCUT2D eigenvalue weighted by Crippen LogP contribution is -2.23. The van der Waals surface area contributed by atoms with Crippen LogP contribution >= 0.6 is 11.6 Å². The third-order valence-electron chi connectivity index (χ3n) is 3.12. The Labute approximate surface area is 120 Å². The van der Waals surface area contributed by atoms with Crippen molar-refractivity contribution in [2.45, 2.75) is 13.0 Å². The topological polar surface area (TPSA) is 79.0 Å². The maximum atomic E-state index is 11.8. The van der Waals surface area contributed by atoms with Gasteiger partial charge in [-0.1, -0.05) is 11.6 Å². The number of fused-ring (bicyclic) bond motifs is 1. The fourth-order valence-electron chi connectivity index (χ4n) is 2.18. The second kappa shape index (κ2) is 4.81. The molecule has 2 heterocycles. The average Bonchev–Trinajstić information content (AvgIpc) is 2.93. The number of rotatable bonds is 3. The summed E-state index contributed by atoms with van der Waals surface area (Å²) in [6, 6.07) is 4.81. The largest absolute Gasteiger partial charge is 0.436 e. The van der Waals surface area contributed by atoms with Gasteiger partial charge in [0.05, 0.1) is 5.02 Å². The van der Waals surface area contributed by atoms with Gasteiger partial charge in [-0.15, -0.1) is 5.10 Å². The van der Waals surface area contributed by atoms with Gasteiger partial charge in [-0.3, -0.25) is 9.89 Å². The minimum Gasteiger partial charge on any atom is -0.436 e. The monoisotopic (exact) mass is 292 g/mol. The van der Waals surface area contributed by atoms with E-state index in [4.69, 9.17) is 16.3 Å². The van der Waals surface area contributed by atoms with Crippen molar-refractivity contribution in [3.63, 3.8) is 0 Å². The molecule has 0 fully saturated rings. The van der Waals surface area contributed by atoms with Gasteiger partial charge in [0.25, 0.3) is 0 Å². The van der Waals surface area contributed by atoms with Crippen LogP contribution in [0.15, 0.2) is 18.2 Å². The molecule has 0 radical (unpaired) electrons. The molecule has 1 unspecified atom stereocenters. The van der Waals surface area contributed by atoms with Crippen LogP contribution in [0.4, 0.5) is 5.69 Å². The van der Waals surface area contributed by atoms with E-state index in [2.05, 4.69) is 20.8 Å². The highest BCUT2D eigenvalue weighted by Gasteiger charge is 2.30. The van der Waals surface area contributed by atoms with Gasteiger partial charge in [-0.05, 0) is 20.0 Å². The number of ether oxygens (including phenoxy) is 1. The van der Waals surface area contributed by atoms with Crippen LogP contribution in [0.1, 0.15) is 17.3 Å². The molecule has 6 nitrogen and oxygen atoms in total. The standard InChI is InChI=1S/C13H13ClN4O2/c1-6-3-11(18-17-6)20-10-5-9-7(4-8(10)14)12(15-2)13(19)16-9/h3-5,12,15H,1-2H3,(H,16,19)(H,17,18). The van der Waals surface area contributed by atoms with E-state index >= 15 is 0 Å². The first kappa shape index (κ1) is 13.0. The normalized spacial score (nSPS) is 16.9. The molecule has 1 aliphatic rings. The van der Waals surface area contributed by atoms with E-state index in [1.165, 1.54) is 0 Å². The number of aromatic amines is 1. The summed E-state index contributed by atoms with van der Waals surface area (Å²) in [6.45, 7) is 1.88. The van der Waals surface area contributed by atoms with Crippen LogP contribution in [0.2, 0.25) is 5.02 Å². The van der Waals surface area contributed by atoms with Crippen molar-refractivity contribution >= 4 is 23.2 Å². The molecule has 3 N–H and O–H groups in total. The Bertz CT molecular complexity index is 683. The number of carbonyl (C=O) groups is 1. The van der Waals surface area contributed by atoms with Crippen LogP contribution in [-0.2, 0) is 4.79 Å². The molecule has 7 heteroatoms. The van der Waals surface area contributed by atoms with Gasteiger partial charge in [0.1, 0.15) is 11.8 Å². The number of anilines is 1. The summed E-state index contributed by atoms with van der Waals surface area (Å²) in [4.78, 5) is 11.8. The lowest BCUT2D eigenvalue weighted by Gasteiger charge is -2.09. The van der Waals surface area contributed by atoms with E-state index in [-0.39, 0.29) is 11.9 Å². The third kappa shape index (κ3) is 2.13. The molecular formula is C13H13ClN4O2. The van der Waals surface area contributed by atoms with Crippen molar-refractivity contribution in [1.29, 1.82) is 0 Å². The summed E-state index contributed by atoms with van der Waals surface area (Å²) in [7, 11) is 1.73. The SMILES string of the molecule is CNC1C(=O)Nc2cc(Oc3cc(C)[nH]n3)c(Cl)cc21. The Hall–Kier alpha value is -2.05. The van der Waals surface area contributed by atoms with Crippen molar-refractivity contribution in [3.8, 4) is 11.6 Å². The Kier molecular flexibility index (Phi) is 3.11. The Morgan fingerprint density at radius 1 is 1.40 bits per heavy atom. The number of H-pyrrole nitrogens is 1. The maximum absolute atomic E-state index is 11.8. The predicted octanol–water partition coefficient (Wildman–Crippen LogP) is 2.38. The lowest BCUT2D eigenvalue weighted by molar-refractivity contribution is -0.117. The minimum absolute atomic E-state index is 0.105. The van der Waals surface area contributed by atoms with Crippen molar-refractivity contribution < 1.29 is 9.53 Å². The number of likely N-dealkylation sites (N-methyl/N-ethyl adjacent to an activating group) is 1. The highest BCUT2D eigenvalue weighted by atomic mass is 35.5. The predicted molar refractivity (Wildman–Crippen MR) is 75.3 cm³/mol. The maximum Gasteiger partial charge on any atom is 0.246 e. The Balaban J connectivity index is 1.95. The van der Waals surface area contributed by atoms with Crippen LogP contribution in [0.25, 0.3) is 0 Å². The molecule has 2 aromatic rings. The summed E-state index contributed by atoms with van der Waals surface area (Å²) in [5.74, 6) is 0.777. The first-order chi connectivity index (χ1) is 9.58. The van der Waals surface area contributed by atoms with Gasteiger partial charge < -0.3 is 15.4 Å². The van der Waals surface area contributed by atoms with Crippen LogP contribution in [0.5, 0.6) is 11.6 Å². The fourth-order valence-corrected chi connectivity index (χ4v) is 2.40. The molecule has 104 valence electrons. The smallest absolute Gasteiger partial charge is 0.246 e. The first-order valence-electron chi connectivity index (χ1n) is 6.10. The van der Waals surface area contributed by atoms with Crippen LogP contribution in [-0.4, -0.2) is 23.2 Å². The number of nitrogens with zero attached hydrogens (tertiary/aromatic N) is 1. The first-order valence-corrected chi connectivity index (χ1v) is 6.47. The number of aryl methyl sites for hydroxylation is 1. The molecule has 1 aliphatic heterocycles. The molecule has 1 amide bonds. The zero-order valence-electron chi connectivity index (χ0n) is 11.0. The third-order valence-corrected chi connectivity index (χ3v) is 3.42. The van der Waals surface area contributed by atoms with E-state index in [1.807, 2.05) is 6.92 Å². The molecule has 3 rings (SSSR count). The zero-order valence-corrected chi connectivity index (χ0v) is 11.7. The second-order valence-corrected chi connectivity index (χ2v) is 4.98. The van der Waals surface area contributed by atoms with E-state index < -0.39 is 0 Å². The van der Waals surface area contributed by atoms with Gasteiger partial charge in [0, 0.05) is 29.1 Å². The molecule has 0 bridgehead atoms. The molecule has 1 aromatic heterocycles. The number of hydrogen-bond acceptors (Lipinski definition) is 4. The number of amides is 1. The summed E-state index contributed by atoms with van der Waals surface area (Å²) in [5, 5.41) is 12.9. The summed E-state index contributed by atoms with van der Waals surface area (Å²) < 4.78 is 5.61. The number of hydrogen-bond donors (Lipinski definition) is 3. The van der Waals surface area contributed by atoms with Crippen molar-refractivity contribution in [3.05, 3.63) is 34.5 Å².